The molecule has 126 valence electrons. The molecule has 3 nitrogen and oxygen atoms in total. The Balaban J connectivity index is 1.79. The molecule has 0 fully saturated rings. The van der Waals surface area contributed by atoms with Crippen LogP contribution in [0, 0.1) is 0 Å². The molecule has 3 heteroatoms. The Morgan fingerprint density at radius 3 is 2.23 bits per heavy atom. The molecule has 3 aromatic carbocycles. The zero-order valence-electron chi connectivity index (χ0n) is 14.6. The highest BCUT2D eigenvalue weighted by Crippen LogP contribution is 2.41. The van der Waals surface area contributed by atoms with Crippen molar-refractivity contribution < 1.29 is 0 Å². The quantitative estimate of drug-likeness (QED) is 0.525. The van der Waals surface area contributed by atoms with Gasteiger partial charge in [-0.1, -0.05) is 72.8 Å². The molecule has 0 saturated heterocycles. The number of rotatable bonds is 2. The van der Waals surface area contributed by atoms with Gasteiger partial charge < -0.3 is 5.32 Å². The second-order valence-corrected chi connectivity index (χ2v) is 6.66. The maximum absolute atomic E-state index is 4.86. The van der Waals surface area contributed by atoms with Crippen LogP contribution in [0.3, 0.4) is 0 Å². The van der Waals surface area contributed by atoms with Gasteiger partial charge in [-0.25, -0.2) is 4.98 Å². The maximum Gasteiger partial charge on any atom is 0.209 e. The van der Waals surface area contributed by atoms with E-state index < -0.39 is 0 Å². The van der Waals surface area contributed by atoms with Crippen molar-refractivity contribution >= 4 is 22.7 Å². The summed E-state index contributed by atoms with van der Waals surface area (Å²) in [7, 11) is 0. The third kappa shape index (κ3) is 2.25. The van der Waals surface area contributed by atoms with E-state index in [0.717, 1.165) is 22.7 Å². The van der Waals surface area contributed by atoms with Gasteiger partial charge in [-0.2, -0.15) is 0 Å². The molecule has 1 aliphatic rings. The minimum Gasteiger partial charge on any atom is -0.325 e. The number of hydrogen-bond donors (Lipinski definition) is 1. The van der Waals surface area contributed by atoms with E-state index in [1.165, 1.54) is 16.7 Å². The molecular weight excluding hydrogens is 318 g/mol. The summed E-state index contributed by atoms with van der Waals surface area (Å²) in [5.74, 6) is 0.893. The van der Waals surface area contributed by atoms with E-state index in [1.807, 2.05) is 12.1 Å². The van der Waals surface area contributed by atoms with Crippen molar-refractivity contribution in [1.29, 1.82) is 0 Å². The highest BCUT2D eigenvalue weighted by atomic mass is 15.2. The fourth-order valence-corrected chi connectivity index (χ4v) is 3.87. The smallest absolute Gasteiger partial charge is 0.209 e. The average molecular weight is 337 g/mol. The standard InChI is InChI=1S/C23H19N3/c1-16-21(17-10-4-2-5-11-17)25-23-24-19-14-8-9-15-20(19)26(23)22(16)18-12-6-3-7-13-18/h2-15,22H,1H3,(H,24,25)/t22-/m1/s1. The van der Waals surface area contributed by atoms with Crippen LogP contribution in [0.4, 0.5) is 5.95 Å². The molecule has 0 aliphatic carbocycles. The van der Waals surface area contributed by atoms with Gasteiger partial charge in [0.2, 0.25) is 5.95 Å². The minimum absolute atomic E-state index is 0.120. The van der Waals surface area contributed by atoms with Crippen LogP contribution in [0.1, 0.15) is 24.1 Å². The molecule has 0 spiro atoms. The molecule has 4 aromatic rings. The van der Waals surface area contributed by atoms with Crippen LogP contribution in [0.5, 0.6) is 0 Å². The van der Waals surface area contributed by atoms with Gasteiger partial charge in [-0.3, -0.25) is 4.57 Å². The van der Waals surface area contributed by atoms with Crippen LogP contribution in [-0.4, -0.2) is 9.55 Å². The fourth-order valence-electron chi connectivity index (χ4n) is 3.87. The molecule has 1 atom stereocenters. The Morgan fingerprint density at radius 2 is 1.46 bits per heavy atom. The number of fused-ring (bicyclic) bond motifs is 3. The fraction of sp³-hybridized carbons (Fsp3) is 0.0870. The van der Waals surface area contributed by atoms with Crippen LogP contribution in [0.2, 0.25) is 0 Å². The van der Waals surface area contributed by atoms with Crippen molar-refractivity contribution in [3.63, 3.8) is 0 Å². The molecule has 5 rings (SSSR count). The Morgan fingerprint density at radius 1 is 0.808 bits per heavy atom. The lowest BCUT2D eigenvalue weighted by molar-refractivity contribution is 0.681. The zero-order valence-corrected chi connectivity index (χ0v) is 14.6. The minimum atomic E-state index is 0.120. The topological polar surface area (TPSA) is 29.9 Å². The SMILES string of the molecule is CC1=C(c2ccccc2)Nc2nc3ccccc3n2[C@H]1c1ccccc1. The first-order valence-corrected chi connectivity index (χ1v) is 8.88. The molecule has 26 heavy (non-hydrogen) atoms. The Labute approximate surface area is 152 Å². The number of anilines is 1. The number of para-hydroxylation sites is 2. The molecule has 0 saturated carbocycles. The van der Waals surface area contributed by atoms with Crippen LogP contribution in [-0.2, 0) is 0 Å². The van der Waals surface area contributed by atoms with Crippen LogP contribution in [0.25, 0.3) is 16.7 Å². The number of hydrogen-bond acceptors (Lipinski definition) is 2. The molecule has 2 heterocycles. The summed E-state index contributed by atoms with van der Waals surface area (Å²) >= 11 is 0. The summed E-state index contributed by atoms with van der Waals surface area (Å²) < 4.78 is 2.31. The zero-order chi connectivity index (χ0) is 17.5. The van der Waals surface area contributed by atoms with Crippen molar-refractivity contribution in [1.82, 2.24) is 9.55 Å². The molecule has 1 N–H and O–H groups in total. The van der Waals surface area contributed by atoms with Crippen molar-refractivity contribution in [3.05, 3.63) is 102 Å². The summed E-state index contributed by atoms with van der Waals surface area (Å²) in [4.78, 5) is 4.86. The third-order valence-electron chi connectivity index (χ3n) is 5.07. The van der Waals surface area contributed by atoms with E-state index >= 15 is 0 Å². The largest absolute Gasteiger partial charge is 0.325 e. The lowest BCUT2D eigenvalue weighted by Gasteiger charge is -2.31. The van der Waals surface area contributed by atoms with Crippen molar-refractivity contribution in [2.75, 3.05) is 5.32 Å². The van der Waals surface area contributed by atoms with Crippen molar-refractivity contribution in [3.8, 4) is 0 Å². The molecule has 1 aliphatic heterocycles. The van der Waals surface area contributed by atoms with Crippen molar-refractivity contribution in [2.45, 2.75) is 13.0 Å². The first-order chi connectivity index (χ1) is 12.8. The summed E-state index contributed by atoms with van der Waals surface area (Å²) in [6, 6.07) is 29.6. The predicted molar refractivity (Wildman–Crippen MR) is 107 cm³/mol. The first kappa shape index (κ1) is 15.0. The van der Waals surface area contributed by atoms with Crippen LogP contribution < -0.4 is 5.32 Å². The maximum atomic E-state index is 4.86. The highest BCUT2D eigenvalue weighted by molar-refractivity contribution is 5.87. The second-order valence-electron chi connectivity index (χ2n) is 6.66. The molecule has 0 unspecified atom stereocenters. The lowest BCUT2D eigenvalue weighted by Crippen LogP contribution is -2.22. The van der Waals surface area contributed by atoms with Gasteiger partial charge in [0.15, 0.2) is 0 Å². The molecule has 0 amide bonds. The number of imidazole rings is 1. The first-order valence-electron chi connectivity index (χ1n) is 8.88. The normalized spacial score (nSPS) is 16.4. The highest BCUT2D eigenvalue weighted by Gasteiger charge is 2.29. The molecule has 1 aromatic heterocycles. The Bertz CT molecular complexity index is 1110. The summed E-state index contributed by atoms with van der Waals surface area (Å²) in [5, 5.41) is 3.58. The number of nitrogens with zero attached hydrogens (tertiary/aromatic N) is 2. The van der Waals surface area contributed by atoms with E-state index in [-0.39, 0.29) is 6.04 Å². The monoisotopic (exact) mass is 337 g/mol. The van der Waals surface area contributed by atoms with Gasteiger partial charge >= 0.3 is 0 Å². The van der Waals surface area contributed by atoms with Gasteiger partial charge in [0.25, 0.3) is 0 Å². The second kappa shape index (κ2) is 5.88. The van der Waals surface area contributed by atoms with E-state index in [0.29, 0.717) is 0 Å². The Kier molecular flexibility index (Phi) is 3.39. The number of nitrogens with one attached hydrogen (secondary N) is 1. The summed E-state index contributed by atoms with van der Waals surface area (Å²) in [6.07, 6.45) is 0. The Hall–Kier alpha value is -3.33. The van der Waals surface area contributed by atoms with Crippen molar-refractivity contribution in [2.24, 2.45) is 0 Å². The predicted octanol–water partition coefficient (Wildman–Crippen LogP) is 5.48. The summed E-state index contributed by atoms with van der Waals surface area (Å²) in [5.41, 5.74) is 7.04. The van der Waals surface area contributed by atoms with E-state index in [1.54, 1.807) is 0 Å². The molecule has 0 bridgehead atoms. The van der Waals surface area contributed by atoms with Gasteiger partial charge in [0.05, 0.1) is 17.1 Å². The average Bonchev–Trinajstić information content (AvgIpc) is 3.07. The summed E-state index contributed by atoms with van der Waals surface area (Å²) in [6.45, 7) is 2.21. The molecular formula is C23H19N3. The third-order valence-corrected chi connectivity index (χ3v) is 5.07. The van der Waals surface area contributed by atoms with Crippen LogP contribution >= 0.6 is 0 Å². The van der Waals surface area contributed by atoms with Gasteiger partial charge in [0, 0.05) is 5.70 Å². The van der Waals surface area contributed by atoms with E-state index in [9.17, 15) is 0 Å². The number of aromatic nitrogens is 2. The van der Waals surface area contributed by atoms with Crippen LogP contribution in [0.15, 0.2) is 90.5 Å². The molecule has 0 radical (unpaired) electrons. The van der Waals surface area contributed by atoms with E-state index in [2.05, 4.69) is 89.6 Å². The number of allylic oxidation sites excluding steroid dienone is 1. The lowest BCUT2D eigenvalue weighted by atomic mass is 9.93. The van der Waals surface area contributed by atoms with Gasteiger partial charge in [-0.05, 0) is 35.8 Å². The number of benzene rings is 3. The van der Waals surface area contributed by atoms with Gasteiger partial charge in [-0.15, -0.1) is 0 Å². The van der Waals surface area contributed by atoms with E-state index in [4.69, 9.17) is 4.98 Å². The van der Waals surface area contributed by atoms with Gasteiger partial charge in [0.1, 0.15) is 0 Å².